The molecular weight excluding hydrogens is 797 g/mol. The molecule has 64 heavy (non-hydrogen) atoms. The number of anilines is 6. The molecule has 9 aromatic carbocycles. The van der Waals surface area contributed by atoms with E-state index in [0.717, 1.165) is 78.0 Å². The molecule has 0 amide bonds. The van der Waals surface area contributed by atoms with Gasteiger partial charge in [0.2, 0.25) is 0 Å². The molecule has 0 aliphatic heterocycles. The highest BCUT2D eigenvalue weighted by atomic mass is 28.3. The number of hydrogen-bond acceptors (Lipinski definition) is 4. The lowest BCUT2D eigenvalue weighted by Crippen LogP contribution is -2.37. The summed E-state index contributed by atoms with van der Waals surface area (Å²) in [4.78, 5) is 4.74. The summed E-state index contributed by atoms with van der Waals surface area (Å²) < 4.78 is 13.3. The fourth-order valence-corrected chi connectivity index (χ4v) is 11.6. The number of aryl methyl sites for hydroxylation is 1. The largest absolute Gasteiger partial charge is 0.454 e. The number of benzene rings is 9. The van der Waals surface area contributed by atoms with Crippen molar-refractivity contribution in [2.24, 2.45) is 0 Å². The molecule has 310 valence electrons. The third-order valence-electron chi connectivity index (χ3n) is 13.6. The summed E-state index contributed by atoms with van der Waals surface area (Å²) in [6.45, 7) is 14.1. The molecule has 2 aromatic heterocycles. The van der Waals surface area contributed by atoms with E-state index in [9.17, 15) is 0 Å². The van der Waals surface area contributed by atoms with Gasteiger partial charge in [0.15, 0.2) is 11.2 Å². The predicted molar refractivity (Wildman–Crippen MR) is 273 cm³/mol. The van der Waals surface area contributed by atoms with Crippen molar-refractivity contribution in [1.29, 1.82) is 0 Å². The van der Waals surface area contributed by atoms with Crippen LogP contribution in [0.3, 0.4) is 0 Å². The molecular formula is C59H48N2O2Si. The van der Waals surface area contributed by atoms with Crippen LogP contribution in [0.25, 0.3) is 65.8 Å². The first-order chi connectivity index (χ1) is 31.0. The molecule has 0 radical (unpaired) electrons. The average molecular weight is 845 g/mol. The van der Waals surface area contributed by atoms with E-state index in [1.807, 2.05) is 12.1 Å². The zero-order chi connectivity index (χ0) is 43.5. The van der Waals surface area contributed by atoms with Crippen LogP contribution in [0.2, 0.25) is 19.6 Å². The Morgan fingerprint density at radius 1 is 0.438 bits per heavy atom. The highest BCUT2D eigenvalue weighted by molar-refractivity contribution is 6.88. The summed E-state index contributed by atoms with van der Waals surface area (Å²) in [5.41, 5.74) is 16.1. The van der Waals surface area contributed by atoms with Gasteiger partial charge in [0, 0.05) is 49.7 Å². The van der Waals surface area contributed by atoms with Crippen LogP contribution in [0, 0.1) is 6.92 Å². The molecule has 0 atom stereocenters. The van der Waals surface area contributed by atoms with Gasteiger partial charge in [-0.3, -0.25) is 0 Å². The zero-order valence-electron chi connectivity index (χ0n) is 37.0. The molecule has 4 nitrogen and oxygen atoms in total. The van der Waals surface area contributed by atoms with E-state index in [1.165, 1.54) is 43.8 Å². The third kappa shape index (κ3) is 5.88. The maximum atomic E-state index is 6.70. The number of rotatable bonds is 7. The van der Waals surface area contributed by atoms with Gasteiger partial charge in [-0.05, 0) is 113 Å². The van der Waals surface area contributed by atoms with E-state index in [4.69, 9.17) is 8.83 Å². The summed E-state index contributed by atoms with van der Waals surface area (Å²) in [7, 11) is -1.52. The smallest absolute Gasteiger partial charge is 0.159 e. The normalized spacial score (nSPS) is 13.3. The Labute approximate surface area is 374 Å². The van der Waals surface area contributed by atoms with Gasteiger partial charge >= 0.3 is 0 Å². The van der Waals surface area contributed by atoms with Crippen molar-refractivity contribution in [2.75, 3.05) is 9.80 Å². The lowest BCUT2D eigenvalue weighted by atomic mass is 9.80. The fraction of sp³-hybridized carbons (Fsp3) is 0.119. The van der Waals surface area contributed by atoms with Crippen LogP contribution in [0.4, 0.5) is 34.1 Å². The lowest BCUT2D eigenvalue weighted by Gasteiger charge is -2.29. The molecule has 0 fully saturated rings. The number of hydrogen-bond donors (Lipinski definition) is 0. The van der Waals surface area contributed by atoms with Crippen molar-refractivity contribution in [3.8, 4) is 11.1 Å². The maximum absolute atomic E-state index is 6.70. The molecule has 12 rings (SSSR count). The van der Waals surface area contributed by atoms with Gasteiger partial charge in [-0.2, -0.15) is 0 Å². The van der Waals surface area contributed by atoms with Crippen LogP contribution in [-0.2, 0) is 5.41 Å². The molecule has 0 N–H and O–H groups in total. The molecule has 0 saturated carbocycles. The van der Waals surface area contributed by atoms with Crippen LogP contribution in [0.15, 0.2) is 191 Å². The Hall–Kier alpha value is -7.34. The summed E-state index contributed by atoms with van der Waals surface area (Å²) >= 11 is 0. The minimum Gasteiger partial charge on any atom is -0.454 e. The van der Waals surface area contributed by atoms with Crippen molar-refractivity contribution in [3.05, 3.63) is 199 Å². The van der Waals surface area contributed by atoms with Gasteiger partial charge in [0.1, 0.15) is 11.2 Å². The Morgan fingerprint density at radius 3 is 1.53 bits per heavy atom. The van der Waals surface area contributed by atoms with E-state index in [2.05, 4.69) is 220 Å². The minimum atomic E-state index is -1.52. The number of fused-ring (bicyclic) bond motifs is 11. The Bertz CT molecular complexity index is 3640. The van der Waals surface area contributed by atoms with Crippen LogP contribution in [0.5, 0.6) is 0 Å². The first-order valence-corrected chi connectivity index (χ1v) is 25.8. The van der Waals surface area contributed by atoms with Gasteiger partial charge in [-0.15, -0.1) is 0 Å². The van der Waals surface area contributed by atoms with E-state index >= 15 is 0 Å². The van der Waals surface area contributed by atoms with Crippen LogP contribution >= 0.6 is 0 Å². The van der Waals surface area contributed by atoms with Crippen molar-refractivity contribution in [2.45, 2.75) is 45.8 Å². The van der Waals surface area contributed by atoms with Gasteiger partial charge in [-0.25, -0.2) is 0 Å². The quantitative estimate of drug-likeness (QED) is 0.150. The minimum absolute atomic E-state index is 0.281. The summed E-state index contributed by atoms with van der Waals surface area (Å²) in [6.07, 6.45) is 0. The Kier molecular flexibility index (Phi) is 8.44. The van der Waals surface area contributed by atoms with Crippen LogP contribution < -0.4 is 15.0 Å². The maximum Gasteiger partial charge on any atom is 0.159 e. The van der Waals surface area contributed by atoms with E-state index in [-0.39, 0.29) is 5.41 Å². The molecule has 0 saturated heterocycles. The standard InChI is InChI=1S/C59H48N2O2Si/c1-37-21-24-39(25-22-37)60(52-17-11-15-49-46-13-7-9-19-54(46)62-57(49)52)41-28-33-44-38(35-41)23-32-48-45-34-29-42(36-51(45)59(2,3)56(44)48)61(40-26-30-43(31-27-40)64(4,5)6)53-18-12-16-50-47-14-8-10-20-55(47)63-58(50)53/h7-36H,1-6H3. The SMILES string of the molecule is Cc1ccc(N(c2ccc3c4c(ccc3c2)-c2ccc(N(c3ccc([Si](C)(C)C)cc3)c3cccc5c3oc3ccccc35)cc2C4(C)C)c2cccc3c2oc2ccccc23)cc1. The second-order valence-corrected chi connectivity index (χ2v) is 24.1. The lowest BCUT2D eigenvalue weighted by molar-refractivity contribution is 0.666. The van der Waals surface area contributed by atoms with Gasteiger partial charge in [0.05, 0.1) is 19.4 Å². The summed E-state index contributed by atoms with van der Waals surface area (Å²) in [6, 6.07) is 66.4. The molecule has 5 heteroatoms. The number of furan rings is 2. The fourth-order valence-electron chi connectivity index (χ4n) is 10.4. The second-order valence-electron chi connectivity index (χ2n) is 19.1. The van der Waals surface area contributed by atoms with Crippen molar-refractivity contribution < 1.29 is 8.83 Å². The van der Waals surface area contributed by atoms with E-state index in [0.29, 0.717) is 0 Å². The first-order valence-electron chi connectivity index (χ1n) is 22.3. The topological polar surface area (TPSA) is 32.8 Å². The highest BCUT2D eigenvalue weighted by Gasteiger charge is 2.38. The summed E-state index contributed by atoms with van der Waals surface area (Å²) in [5.74, 6) is 0. The monoisotopic (exact) mass is 844 g/mol. The predicted octanol–water partition coefficient (Wildman–Crippen LogP) is 16.7. The molecule has 0 unspecified atom stereocenters. The molecule has 2 heterocycles. The summed E-state index contributed by atoms with van der Waals surface area (Å²) in [5, 5.41) is 8.38. The zero-order valence-corrected chi connectivity index (χ0v) is 38.0. The van der Waals surface area contributed by atoms with Crippen molar-refractivity contribution in [3.63, 3.8) is 0 Å². The molecule has 0 bridgehead atoms. The van der Waals surface area contributed by atoms with Crippen LogP contribution in [0.1, 0.15) is 30.5 Å². The number of para-hydroxylation sites is 4. The van der Waals surface area contributed by atoms with Crippen LogP contribution in [-0.4, -0.2) is 8.07 Å². The highest BCUT2D eigenvalue weighted by Crippen LogP contribution is 2.54. The van der Waals surface area contributed by atoms with Crippen molar-refractivity contribution in [1.82, 2.24) is 0 Å². The Balaban J connectivity index is 0.994. The Morgan fingerprint density at radius 2 is 0.938 bits per heavy atom. The third-order valence-corrected chi connectivity index (χ3v) is 15.7. The molecule has 0 spiro atoms. The van der Waals surface area contributed by atoms with Gasteiger partial charge in [0.25, 0.3) is 0 Å². The first kappa shape index (κ1) is 38.3. The number of nitrogens with zero attached hydrogens (tertiary/aromatic N) is 2. The molecule has 1 aliphatic rings. The second kappa shape index (κ2) is 14.1. The van der Waals surface area contributed by atoms with Gasteiger partial charge in [-0.1, -0.05) is 153 Å². The molecule has 11 aromatic rings. The van der Waals surface area contributed by atoms with E-state index < -0.39 is 8.07 Å². The van der Waals surface area contributed by atoms with Gasteiger partial charge < -0.3 is 18.6 Å². The average Bonchev–Trinajstić information content (AvgIpc) is 3.95. The molecule has 1 aliphatic carbocycles. The van der Waals surface area contributed by atoms with E-state index in [1.54, 1.807) is 0 Å². The van der Waals surface area contributed by atoms with Crippen molar-refractivity contribution >= 4 is 102 Å².